The minimum absolute atomic E-state index is 0.199. The summed E-state index contributed by atoms with van der Waals surface area (Å²) in [6.07, 6.45) is 1.46. The van der Waals surface area contributed by atoms with E-state index < -0.39 is 12.0 Å². The predicted octanol–water partition coefficient (Wildman–Crippen LogP) is -0.864. The first-order valence-electron chi connectivity index (χ1n) is 3.35. The van der Waals surface area contributed by atoms with Gasteiger partial charge in [0.2, 0.25) is 0 Å². The average molecular weight is 144 g/mol. The van der Waals surface area contributed by atoms with Crippen molar-refractivity contribution in [3.05, 3.63) is 0 Å². The third-order valence-corrected chi connectivity index (χ3v) is 1.85. The molecule has 4 heteroatoms. The summed E-state index contributed by atoms with van der Waals surface area (Å²) in [6.45, 7) is 0. The van der Waals surface area contributed by atoms with Crippen LogP contribution in [0.15, 0.2) is 0 Å². The quantitative estimate of drug-likeness (QED) is 0.480. The van der Waals surface area contributed by atoms with Crippen LogP contribution in [0.5, 0.6) is 0 Å². The fourth-order valence-electron chi connectivity index (χ4n) is 0.969. The first kappa shape index (κ1) is 7.50. The van der Waals surface area contributed by atoms with E-state index in [9.17, 15) is 4.79 Å². The SMILES string of the molecule is NC(C[C@@H]1C[C@H]1N)C(=O)O. The lowest BCUT2D eigenvalue weighted by atomic mass is 10.1. The Bertz CT molecular complexity index is 149. The van der Waals surface area contributed by atoms with Crippen molar-refractivity contribution >= 4 is 5.97 Å². The van der Waals surface area contributed by atoms with Crippen LogP contribution >= 0.6 is 0 Å². The van der Waals surface area contributed by atoms with Gasteiger partial charge in [-0.15, -0.1) is 0 Å². The van der Waals surface area contributed by atoms with E-state index in [-0.39, 0.29) is 6.04 Å². The predicted molar refractivity (Wildman–Crippen MR) is 36.3 cm³/mol. The van der Waals surface area contributed by atoms with Gasteiger partial charge < -0.3 is 16.6 Å². The van der Waals surface area contributed by atoms with Crippen molar-refractivity contribution in [3.63, 3.8) is 0 Å². The van der Waals surface area contributed by atoms with Gasteiger partial charge in [-0.05, 0) is 18.8 Å². The fraction of sp³-hybridized carbons (Fsp3) is 0.833. The van der Waals surface area contributed by atoms with E-state index >= 15 is 0 Å². The second kappa shape index (κ2) is 2.56. The second-order valence-electron chi connectivity index (χ2n) is 2.84. The summed E-state index contributed by atoms with van der Waals surface area (Å²) in [4.78, 5) is 10.2. The van der Waals surface area contributed by atoms with Gasteiger partial charge in [0, 0.05) is 6.04 Å². The molecular weight excluding hydrogens is 132 g/mol. The molecule has 0 amide bonds. The van der Waals surface area contributed by atoms with Crippen molar-refractivity contribution < 1.29 is 9.90 Å². The summed E-state index contributed by atoms with van der Waals surface area (Å²) in [7, 11) is 0. The van der Waals surface area contributed by atoms with Gasteiger partial charge in [0.05, 0.1) is 0 Å². The molecule has 0 aromatic heterocycles. The van der Waals surface area contributed by atoms with E-state index in [2.05, 4.69) is 0 Å². The molecule has 58 valence electrons. The molecule has 10 heavy (non-hydrogen) atoms. The van der Waals surface area contributed by atoms with Gasteiger partial charge in [-0.1, -0.05) is 0 Å². The van der Waals surface area contributed by atoms with Gasteiger partial charge >= 0.3 is 5.97 Å². The van der Waals surface area contributed by atoms with Crippen molar-refractivity contribution in [3.8, 4) is 0 Å². The number of hydrogen-bond donors (Lipinski definition) is 3. The van der Waals surface area contributed by atoms with E-state index in [1.165, 1.54) is 0 Å². The molecule has 5 N–H and O–H groups in total. The van der Waals surface area contributed by atoms with Gasteiger partial charge in [0.25, 0.3) is 0 Å². The number of carboxylic acid groups (broad SMARTS) is 1. The Morgan fingerprint density at radius 1 is 1.80 bits per heavy atom. The Morgan fingerprint density at radius 3 is 2.60 bits per heavy atom. The summed E-state index contributed by atoms with van der Waals surface area (Å²) in [5.74, 6) is -0.579. The zero-order valence-electron chi connectivity index (χ0n) is 5.66. The first-order chi connectivity index (χ1) is 4.61. The number of aliphatic carboxylic acids is 1. The number of rotatable bonds is 3. The Labute approximate surface area is 59.2 Å². The lowest BCUT2D eigenvalue weighted by Crippen LogP contribution is -2.31. The standard InChI is InChI=1S/C6H12N2O2/c7-4-1-3(4)2-5(8)6(9)10/h3-5H,1-2,7-8H2,(H,9,10)/t3-,4+,5?/m0/s1. The molecule has 1 rings (SSSR count). The molecule has 1 fully saturated rings. The van der Waals surface area contributed by atoms with Crippen molar-refractivity contribution in [1.29, 1.82) is 0 Å². The number of hydrogen-bond acceptors (Lipinski definition) is 3. The molecule has 1 aliphatic rings. The van der Waals surface area contributed by atoms with E-state index in [4.69, 9.17) is 16.6 Å². The van der Waals surface area contributed by atoms with Crippen molar-refractivity contribution in [2.45, 2.75) is 24.9 Å². The van der Waals surface area contributed by atoms with Gasteiger partial charge in [-0.25, -0.2) is 0 Å². The molecule has 0 heterocycles. The Hall–Kier alpha value is -0.610. The maximum Gasteiger partial charge on any atom is 0.320 e. The summed E-state index contributed by atoms with van der Waals surface area (Å²) in [5.41, 5.74) is 10.7. The largest absolute Gasteiger partial charge is 0.480 e. The molecule has 0 aromatic carbocycles. The molecular formula is C6H12N2O2. The number of carbonyl (C=O) groups is 1. The van der Waals surface area contributed by atoms with Crippen LogP contribution in [-0.4, -0.2) is 23.2 Å². The molecule has 0 aromatic rings. The monoisotopic (exact) mass is 144 g/mol. The maximum atomic E-state index is 10.2. The van der Waals surface area contributed by atoms with Crippen LogP contribution in [0.2, 0.25) is 0 Å². The highest BCUT2D eigenvalue weighted by Crippen LogP contribution is 2.31. The minimum atomic E-state index is -0.931. The third-order valence-electron chi connectivity index (χ3n) is 1.85. The average Bonchev–Trinajstić information content (AvgIpc) is 2.46. The maximum absolute atomic E-state index is 10.2. The smallest absolute Gasteiger partial charge is 0.320 e. The molecule has 1 aliphatic carbocycles. The molecule has 0 aliphatic heterocycles. The van der Waals surface area contributed by atoms with Crippen LogP contribution in [0.1, 0.15) is 12.8 Å². The summed E-state index contributed by atoms with van der Waals surface area (Å²) in [6, 6.07) is -0.524. The van der Waals surface area contributed by atoms with E-state index in [0.29, 0.717) is 12.3 Å². The Balaban J connectivity index is 2.19. The first-order valence-corrected chi connectivity index (χ1v) is 3.35. The van der Waals surface area contributed by atoms with Gasteiger partial charge in [0.15, 0.2) is 0 Å². The second-order valence-corrected chi connectivity index (χ2v) is 2.84. The molecule has 1 saturated carbocycles. The van der Waals surface area contributed by atoms with Crippen LogP contribution < -0.4 is 11.5 Å². The zero-order chi connectivity index (χ0) is 7.72. The molecule has 0 spiro atoms. The normalized spacial score (nSPS) is 33.4. The molecule has 0 bridgehead atoms. The van der Waals surface area contributed by atoms with Gasteiger partial charge in [-0.2, -0.15) is 0 Å². The van der Waals surface area contributed by atoms with E-state index in [1.807, 2.05) is 0 Å². The van der Waals surface area contributed by atoms with Crippen LogP contribution in [0.25, 0.3) is 0 Å². The number of nitrogens with two attached hydrogens (primary N) is 2. The minimum Gasteiger partial charge on any atom is -0.480 e. The zero-order valence-corrected chi connectivity index (χ0v) is 5.66. The topological polar surface area (TPSA) is 89.3 Å². The third kappa shape index (κ3) is 1.68. The molecule has 4 nitrogen and oxygen atoms in total. The molecule has 3 atom stereocenters. The summed E-state index contributed by atoms with van der Waals surface area (Å²) >= 11 is 0. The van der Waals surface area contributed by atoms with Crippen LogP contribution in [-0.2, 0) is 4.79 Å². The van der Waals surface area contributed by atoms with E-state index in [1.54, 1.807) is 0 Å². The number of carboxylic acids is 1. The summed E-state index contributed by atoms with van der Waals surface area (Å²) in [5, 5.41) is 8.38. The Kier molecular flexibility index (Phi) is 1.92. The Morgan fingerprint density at radius 2 is 2.30 bits per heavy atom. The van der Waals surface area contributed by atoms with Crippen molar-refractivity contribution in [1.82, 2.24) is 0 Å². The van der Waals surface area contributed by atoms with E-state index in [0.717, 1.165) is 6.42 Å². The van der Waals surface area contributed by atoms with Crippen LogP contribution in [0.4, 0.5) is 0 Å². The lowest BCUT2D eigenvalue weighted by molar-refractivity contribution is -0.138. The van der Waals surface area contributed by atoms with Gasteiger partial charge in [0.1, 0.15) is 6.04 Å². The summed E-state index contributed by atoms with van der Waals surface area (Å²) < 4.78 is 0. The van der Waals surface area contributed by atoms with Crippen LogP contribution in [0, 0.1) is 5.92 Å². The molecule has 1 unspecified atom stereocenters. The van der Waals surface area contributed by atoms with Crippen molar-refractivity contribution in [2.75, 3.05) is 0 Å². The molecule has 0 saturated heterocycles. The van der Waals surface area contributed by atoms with Crippen molar-refractivity contribution in [2.24, 2.45) is 17.4 Å². The highest BCUT2D eigenvalue weighted by Gasteiger charge is 2.35. The highest BCUT2D eigenvalue weighted by atomic mass is 16.4. The van der Waals surface area contributed by atoms with Crippen LogP contribution in [0.3, 0.4) is 0 Å². The lowest BCUT2D eigenvalue weighted by Gasteiger charge is -2.02. The molecule has 0 radical (unpaired) electrons. The van der Waals surface area contributed by atoms with Gasteiger partial charge in [-0.3, -0.25) is 4.79 Å². The highest BCUT2D eigenvalue weighted by molar-refractivity contribution is 5.73. The fourth-order valence-corrected chi connectivity index (χ4v) is 0.969.